The Morgan fingerprint density at radius 2 is 1.00 bits per heavy atom. The van der Waals surface area contributed by atoms with Gasteiger partial charge < -0.3 is 18.0 Å². The minimum absolute atomic E-state index is 0.280. The Balaban J connectivity index is 1.16. The molecule has 0 saturated carbocycles. The lowest BCUT2D eigenvalue weighted by atomic mass is 9.86. The molecule has 13 rings (SSSR count). The number of hydrogen-bond donors (Lipinski definition) is 0. The van der Waals surface area contributed by atoms with Gasteiger partial charge in [0, 0.05) is 32.3 Å². The van der Waals surface area contributed by atoms with E-state index in [0.29, 0.717) is 16.8 Å². The number of furan rings is 2. The zero-order valence-electron chi connectivity index (χ0n) is 33.7. The first kappa shape index (κ1) is 35.3. The van der Waals surface area contributed by atoms with Crippen LogP contribution >= 0.6 is 0 Å². The third kappa shape index (κ3) is 4.94. The molecule has 0 fully saturated rings. The number of hydrogen-bond acceptors (Lipinski definition) is 4. The van der Waals surface area contributed by atoms with E-state index in [9.17, 15) is 10.5 Å². The Bertz CT molecular complexity index is 4120. The molecule has 0 atom stereocenters. The van der Waals surface area contributed by atoms with Crippen LogP contribution in [0.15, 0.2) is 173 Å². The number of aromatic nitrogens is 2. The minimum atomic E-state index is 0.280. The van der Waals surface area contributed by atoms with Crippen LogP contribution in [-0.2, 0) is 0 Å². The predicted octanol–water partition coefficient (Wildman–Crippen LogP) is 13.6. The monoisotopic (exact) mass is 802 g/mol. The van der Waals surface area contributed by atoms with E-state index < -0.39 is 0 Å². The van der Waals surface area contributed by atoms with E-state index in [0.717, 1.165) is 117 Å². The van der Waals surface area contributed by atoms with Crippen molar-refractivity contribution < 1.29 is 8.83 Å². The van der Waals surface area contributed by atoms with Crippen LogP contribution in [0.2, 0.25) is 0 Å². The maximum Gasteiger partial charge on any atom is 0.145 e. The van der Waals surface area contributed by atoms with Crippen molar-refractivity contribution >= 4 is 106 Å². The fourth-order valence-electron chi connectivity index (χ4n) is 10.2. The fourth-order valence-corrected chi connectivity index (χ4v) is 10.2. The van der Waals surface area contributed by atoms with Crippen molar-refractivity contribution in [2.45, 2.75) is 12.8 Å². The summed E-state index contributed by atoms with van der Waals surface area (Å²) in [7, 11) is 7.59. The van der Waals surface area contributed by atoms with Gasteiger partial charge >= 0.3 is 0 Å². The first-order chi connectivity index (χ1) is 31.1. The molecule has 0 aliphatic heterocycles. The van der Waals surface area contributed by atoms with Gasteiger partial charge in [-0.3, -0.25) is 0 Å². The summed E-state index contributed by atoms with van der Waals surface area (Å²) < 4.78 is 17.6. The number of benzene rings is 8. The van der Waals surface area contributed by atoms with E-state index in [-0.39, 0.29) is 11.1 Å². The molecule has 8 aromatic carbocycles. The molecular formula is C56H31BN4O2. The lowest BCUT2D eigenvalue weighted by Crippen LogP contribution is -2.22. The SMILES string of the molecule is [B]c1c(-n2c3ccc(C4=CCCC=C4)cc3c3c4oc5ccccc5c4ccc32)c(C#N)cc(C#N)c1-n1c2ccc(-c3ccccc3)cc2c2c3oc4ccccc4c3ccc21. The van der Waals surface area contributed by atoms with Gasteiger partial charge in [-0.1, -0.05) is 97.1 Å². The van der Waals surface area contributed by atoms with Gasteiger partial charge in [-0.15, -0.1) is 0 Å². The van der Waals surface area contributed by atoms with E-state index in [1.807, 2.05) is 54.6 Å². The van der Waals surface area contributed by atoms with E-state index in [2.05, 4.69) is 124 Å². The van der Waals surface area contributed by atoms with Crippen LogP contribution in [0.3, 0.4) is 0 Å². The summed E-state index contributed by atoms with van der Waals surface area (Å²) in [5, 5.41) is 29.8. The molecule has 0 bridgehead atoms. The van der Waals surface area contributed by atoms with E-state index in [4.69, 9.17) is 16.7 Å². The molecule has 1 aliphatic rings. The standard InChI is InChI=1S/C56H31BN4O2/c57-52-53(60-44-23-19-34(32-11-3-1-4-12-32)28-42(44)50-46(60)25-21-40-38-15-7-9-17-48(38)62-55(40)50)36(30-58)27-37(31-59)54(52)61-45-24-20-35(33-13-5-2-6-14-33)29-43(45)51-47(61)26-22-41-39-16-8-10-18-49(39)63-56(41)51/h1,3-5,7-29H,2,6H2. The molecule has 4 heterocycles. The smallest absolute Gasteiger partial charge is 0.145 e. The maximum atomic E-state index is 11.0. The number of rotatable bonds is 4. The lowest BCUT2D eigenvalue weighted by molar-refractivity contribution is 0.672. The van der Waals surface area contributed by atoms with Gasteiger partial charge in [0.25, 0.3) is 0 Å². The molecule has 0 N–H and O–H groups in total. The highest BCUT2D eigenvalue weighted by Gasteiger charge is 2.27. The number of nitriles is 2. The zero-order valence-corrected chi connectivity index (χ0v) is 33.7. The topological polar surface area (TPSA) is 83.7 Å². The first-order valence-corrected chi connectivity index (χ1v) is 21.1. The van der Waals surface area contributed by atoms with Crippen LogP contribution < -0.4 is 5.46 Å². The van der Waals surface area contributed by atoms with Crippen LogP contribution in [0.1, 0.15) is 29.5 Å². The summed E-state index contributed by atoms with van der Waals surface area (Å²) in [5.41, 5.74) is 12.7. The lowest BCUT2D eigenvalue weighted by Gasteiger charge is -2.20. The van der Waals surface area contributed by atoms with Crippen molar-refractivity contribution in [3.63, 3.8) is 0 Å². The van der Waals surface area contributed by atoms with Gasteiger partial charge in [-0.2, -0.15) is 10.5 Å². The Labute approximate surface area is 361 Å². The Hall–Kier alpha value is -8.52. The summed E-state index contributed by atoms with van der Waals surface area (Å²) >= 11 is 0. The molecule has 2 radical (unpaired) electrons. The second-order valence-corrected chi connectivity index (χ2v) is 16.3. The molecule has 1 aliphatic carbocycles. The summed E-state index contributed by atoms with van der Waals surface area (Å²) in [4.78, 5) is 0. The normalized spacial score (nSPS) is 13.0. The average molecular weight is 803 g/mol. The van der Waals surface area contributed by atoms with Crippen molar-refractivity contribution in [1.29, 1.82) is 10.5 Å². The average Bonchev–Trinajstić information content (AvgIpc) is 4.09. The van der Waals surface area contributed by atoms with Crippen LogP contribution in [0.25, 0.3) is 116 Å². The minimum Gasteiger partial charge on any atom is -0.455 e. The van der Waals surface area contributed by atoms with Gasteiger partial charge in [0.15, 0.2) is 0 Å². The summed E-state index contributed by atoms with van der Waals surface area (Å²) in [6.45, 7) is 0. The largest absolute Gasteiger partial charge is 0.455 e. The number of nitrogens with zero attached hydrogens (tertiary/aromatic N) is 4. The van der Waals surface area contributed by atoms with Crippen molar-refractivity contribution in [3.8, 4) is 34.6 Å². The highest BCUT2D eigenvalue weighted by molar-refractivity contribution is 6.39. The maximum absolute atomic E-state index is 11.0. The summed E-state index contributed by atoms with van der Waals surface area (Å²) in [6, 6.07) is 54.3. The summed E-state index contributed by atoms with van der Waals surface area (Å²) in [5.74, 6) is 0. The van der Waals surface area contributed by atoms with Crippen molar-refractivity contribution in [2.75, 3.05) is 0 Å². The molecule has 290 valence electrons. The molecule has 4 aromatic heterocycles. The van der Waals surface area contributed by atoms with Gasteiger partial charge in [0.1, 0.15) is 42.3 Å². The number of allylic oxidation sites excluding steroid dienone is 4. The predicted molar refractivity (Wildman–Crippen MR) is 256 cm³/mol. The van der Waals surface area contributed by atoms with E-state index in [1.165, 1.54) is 5.57 Å². The zero-order chi connectivity index (χ0) is 41.9. The molecule has 0 saturated heterocycles. The van der Waals surface area contributed by atoms with Gasteiger partial charge in [-0.25, -0.2) is 0 Å². The van der Waals surface area contributed by atoms with Gasteiger partial charge in [-0.05, 0) is 107 Å². The Kier molecular flexibility index (Phi) is 7.41. The third-order valence-corrected chi connectivity index (χ3v) is 13.0. The van der Waals surface area contributed by atoms with Crippen molar-refractivity contribution in [2.24, 2.45) is 0 Å². The fraction of sp³-hybridized carbons (Fsp3) is 0.0357. The van der Waals surface area contributed by atoms with Gasteiger partial charge in [0.2, 0.25) is 0 Å². The van der Waals surface area contributed by atoms with Crippen LogP contribution in [0.5, 0.6) is 0 Å². The number of fused-ring (bicyclic) bond motifs is 14. The highest BCUT2D eigenvalue weighted by atomic mass is 16.3. The molecule has 63 heavy (non-hydrogen) atoms. The third-order valence-electron chi connectivity index (χ3n) is 13.0. The molecule has 6 nitrogen and oxygen atoms in total. The highest BCUT2D eigenvalue weighted by Crippen LogP contribution is 2.45. The second kappa shape index (κ2) is 13.2. The second-order valence-electron chi connectivity index (χ2n) is 16.3. The molecular weight excluding hydrogens is 771 g/mol. The van der Waals surface area contributed by atoms with Crippen LogP contribution in [-0.4, -0.2) is 17.0 Å². The summed E-state index contributed by atoms with van der Waals surface area (Å²) in [6.07, 6.45) is 8.68. The van der Waals surface area contributed by atoms with Crippen molar-refractivity contribution in [1.82, 2.24) is 9.13 Å². The molecule has 0 unspecified atom stereocenters. The molecule has 0 amide bonds. The quantitative estimate of drug-likeness (QED) is 0.166. The molecule has 7 heteroatoms. The molecule has 12 aromatic rings. The first-order valence-electron chi connectivity index (χ1n) is 21.1. The Morgan fingerprint density at radius 3 is 1.56 bits per heavy atom. The Morgan fingerprint density at radius 1 is 0.476 bits per heavy atom. The van der Waals surface area contributed by atoms with Crippen LogP contribution in [0.4, 0.5) is 0 Å². The van der Waals surface area contributed by atoms with E-state index >= 15 is 0 Å². The van der Waals surface area contributed by atoms with Crippen molar-refractivity contribution in [3.05, 3.63) is 181 Å². The van der Waals surface area contributed by atoms with Crippen LogP contribution in [0, 0.1) is 22.7 Å². The number of para-hydroxylation sites is 2. The van der Waals surface area contributed by atoms with Gasteiger partial charge in [0.05, 0.1) is 55.3 Å². The van der Waals surface area contributed by atoms with E-state index in [1.54, 1.807) is 6.07 Å². The molecule has 0 spiro atoms.